The molecule has 2 aromatic carbocycles. The largest absolute Gasteiger partial charge is 0.497 e. The smallest absolute Gasteiger partial charge is 0.162 e. The van der Waals surface area contributed by atoms with Crippen LogP contribution in [0.25, 0.3) is 22.3 Å². The predicted molar refractivity (Wildman–Crippen MR) is 80.7 cm³/mol. The molecule has 0 saturated carbocycles. The zero-order valence-electron chi connectivity index (χ0n) is 11.4. The Labute approximate surface area is 117 Å². The zero-order chi connectivity index (χ0) is 14.1. The van der Waals surface area contributed by atoms with E-state index < -0.39 is 0 Å². The van der Waals surface area contributed by atoms with Crippen molar-refractivity contribution >= 4 is 16.7 Å². The summed E-state index contributed by atoms with van der Waals surface area (Å²) in [5.41, 5.74) is 8.96. The molecule has 1 heterocycles. The van der Waals surface area contributed by atoms with E-state index in [4.69, 9.17) is 10.5 Å². The maximum atomic E-state index is 6.04. The van der Waals surface area contributed by atoms with Crippen LogP contribution in [0.3, 0.4) is 0 Å². The number of hydrogen-bond acceptors (Lipinski definition) is 4. The van der Waals surface area contributed by atoms with Crippen molar-refractivity contribution in [2.75, 3.05) is 12.8 Å². The van der Waals surface area contributed by atoms with Crippen molar-refractivity contribution in [3.05, 3.63) is 48.0 Å². The first-order valence-corrected chi connectivity index (χ1v) is 6.35. The Hall–Kier alpha value is -2.62. The van der Waals surface area contributed by atoms with Crippen LogP contribution in [0.4, 0.5) is 5.82 Å². The van der Waals surface area contributed by atoms with Crippen LogP contribution in [0, 0.1) is 6.92 Å². The van der Waals surface area contributed by atoms with E-state index in [1.807, 2.05) is 49.4 Å². The van der Waals surface area contributed by atoms with Gasteiger partial charge in [-0.2, -0.15) is 0 Å². The fourth-order valence-electron chi connectivity index (χ4n) is 2.14. The van der Waals surface area contributed by atoms with Crippen LogP contribution in [-0.4, -0.2) is 17.1 Å². The molecule has 0 bridgehead atoms. The van der Waals surface area contributed by atoms with E-state index in [-0.39, 0.29) is 0 Å². The van der Waals surface area contributed by atoms with Gasteiger partial charge in [0.15, 0.2) is 5.82 Å². The van der Waals surface area contributed by atoms with Crippen molar-refractivity contribution in [3.63, 3.8) is 0 Å². The molecule has 0 aliphatic heterocycles. The maximum Gasteiger partial charge on any atom is 0.162 e. The molecule has 3 aromatic rings. The maximum absolute atomic E-state index is 6.04. The summed E-state index contributed by atoms with van der Waals surface area (Å²) in [5.74, 6) is 1.93. The highest BCUT2D eigenvalue weighted by Crippen LogP contribution is 2.25. The van der Waals surface area contributed by atoms with Gasteiger partial charge in [-0.1, -0.05) is 11.6 Å². The zero-order valence-corrected chi connectivity index (χ0v) is 11.4. The van der Waals surface area contributed by atoms with Crippen LogP contribution >= 0.6 is 0 Å². The van der Waals surface area contributed by atoms with E-state index in [9.17, 15) is 0 Å². The summed E-state index contributed by atoms with van der Waals surface area (Å²) in [4.78, 5) is 8.97. The van der Waals surface area contributed by atoms with E-state index in [0.29, 0.717) is 11.6 Å². The van der Waals surface area contributed by atoms with Crippen molar-refractivity contribution in [1.29, 1.82) is 0 Å². The lowest BCUT2D eigenvalue weighted by molar-refractivity contribution is 0.415. The molecule has 0 atom stereocenters. The van der Waals surface area contributed by atoms with Gasteiger partial charge in [0.1, 0.15) is 11.6 Å². The Morgan fingerprint density at radius 3 is 2.45 bits per heavy atom. The minimum absolute atomic E-state index is 0.504. The number of ether oxygens (including phenoxy) is 1. The van der Waals surface area contributed by atoms with E-state index in [0.717, 1.165) is 27.8 Å². The summed E-state index contributed by atoms with van der Waals surface area (Å²) in [7, 11) is 1.64. The van der Waals surface area contributed by atoms with Gasteiger partial charge in [0.25, 0.3) is 0 Å². The average molecular weight is 265 g/mol. The number of hydrogen-bond donors (Lipinski definition) is 1. The van der Waals surface area contributed by atoms with Gasteiger partial charge < -0.3 is 10.5 Å². The number of aryl methyl sites for hydroxylation is 1. The Balaban J connectivity index is 2.14. The molecule has 4 heteroatoms. The first kappa shape index (κ1) is 12.4. The van der Waals surface area contributed by atoms with Gasteiger partial charge in [-0.3, -0.25) is 0 Å². The van der Waals surface area contributed by atoms with Crippen molar-refractivity contribution in [3.8, 4) is 17.1 Å². The minimum Gasteiger partial charge on any atom is -0.497 e. The number of nitrogens with two attached hydrogens (primary N) is 1. The van der Waals surface area contributed by atoms with Crippen LogP contribution in [-0.2, 0) is 0 Å². The van der Waals surface area contributed by atoms with Crippen molar-refractivity contribution in [1.82, 2.24) is 9.97 Å². The second kappa shape index (κ2) is 4.81. The third-order valence-corrected chi connectivity index (χ3v) is 3.23. The highest BCUT2D eigenvalue weighted by Gasteiger charge is 2.07. The van der Waals surface area contributed by atoms with Crippen molar-refractivity contribution in [2.45, 2.75) is 6.92 Å². The normalized spacial score (nSPS) is 10.7. The van der Waals surface area contributed by atoms with Gasteiger partial charge >= 0.3 is 0 Å². The first-order chi connectivity index (χ1) is 9.67. The van der Waals surface area contributed by atoms with E-state index in [2.05, 4.69) is 9.97 Å². The van der Waals surface area contributed by atoms with Gasteiger partial charge in [0.05, 0.1) is 12.6 Å². The van der Waals surface area contributed by atoms with Crippen molar-refractivity contribution in [2.24, 2.45) is 0 Å². The Morgan fingerprint density at radius 2 is 1.75 bits per heavy atom. The molecular formula is C16H15N3O. The van der Waals surface area contributed by atoms with Gasteiger partial charge in [0, 0.05) is 10.9 Å². The van der Waals surface area contributed by atoms with Crippen LogP contribution < -0.4 is 10.5 Å². The number of rotatable bonds is 2. The molecule has 1 aromatic heterocycles. The van der Waals surface area contributed by atoms with Crippen LogP contribution in [0.15, 0.2) is 42.5 Å². The number of nitrogen functional groups attached to an aromatic ring is 1. The lowest BCUT2D eigenvalue weighted by atomic mass is 10.1. The lowest BCUT2D eigenvalue weighted by Crippen LogP contribution is -1.98. The summed E-state index contributed by atoms with van der Waals surface area (Å²) >= 11 is 0. The van der Waals surface area contributed by atoms with Gasteiger partial charge in [-0.05, 0) is 43.3 Å². The number of anilines is 1. The third-order valence-electron chi connectivity index (χ3n) is 3.23. The quantitative estimate of drug-likeness (QED) is 0.773. The summed E-state index contributed by atoms with van der Waals surface area (Å²) in [6.45, 7) is 2.02. The SMILES string of the molecule is COc1ccc(-c2nc(N)c3cc(C)ccc3n2)cc1. The second-order valence-electron chi connectivity index (χ2n) is 4.68. The molecule has 0 aliphatic rings. The number of benzene rings is 2. The van der Waals surface area contributed by atoms with Crippen molar-refractivity contribution < 1.29 is 4.74 Å². The number of aromatic nitrogens is 2. The molecule has 0 aliphatic carbocycles. The van der Waals surface area contributed by atoms with Crippen LogP contribution in [0.2, 0.25) is 0 Å². The molecular weight excluding hydrogens is 250 g/mol. The number of nitrogens with zero attached hydrogens (tertiary/aromatic N) is 2. The molecule has 0 fully saturated rings. The Kier molecular flexibility index (Phi) is 2.99. The molecule has 0 unspecified atom stereocenters. The molecule has 0 spiro atoms. The van der Waals surface area contributed by atoms with E-state index >= 15 is 0 Å². The molecule has 100 valence electrons. The van der Waals surface area contributed by atoms with Gasteiger partial charge in [-0.15, -0.1) is 0 Å². The summed E-state index contributed by atoms with van der Waals surface area (Å²) in [5, 5.41) is 0.891. The molecule has 20 heavy (non-hydrogen) atoms. The van der Waals surface area contributed by atoms with Crippen LogP contribution in [0.1, 0.15) is 5.56 Å². The Morgan fingerprint density at radius 1 is 1.00 bits per heavy atom. The molecule has 0 radical (unpaired) electrons. The van der Waals surface area contributed by atoms with Gasteiger partial charge in [0.2, 0.25) is 0 Å². The number of fused-ring (bicyclic) bond motifs is 1. The first-order valence-electron chi connectivity index (χ1n) is 6.35. The fourth-order valence-corrected chi connectivity index (χ4v) is 2.14. The topological polar surface area (TPSA) is 61.0 Å². The monoisotopic (exact) mass is 265 g/mol. The molecule has 3 rings (SSSR count). The summed E-state index contributed by atoms with van der Waals surface area (Å²) in [6, 6.07) is 13.6. The highest BCUT2D eigenvalue weighted by molar-refractivity contribution is 5.90. The molecule has 0 amide bonds. The average Bonchev–Trinajstić information content (AvgIpc) is 2.48. The van der Waals surface area contributed by atoms with E-state index in [1.54, 1.807) is 7.11 Å². The second-order valence-corrected chi connectivity index (χ2v) is 4.68. The van der Waals surface area contributed by atoms with Gasteiger partial charge in [-0.25, -0.2) is 9.97 Å². The summed E-state index contributed by atoms with van der Waals surface area (Å²) < 4.78 is 5.15. The third kappa shape index (κ3) is 2.16. The predicted octanol–water partition coefficient (Wildman–Crippen LogP) is 3.20. The lowest BCUT2D eigenvalue weighted by Gasteiger charge is -2.07. The van der Waals surface area contributed by atoms with Crippen LogP contribution in [0.5, 0.6) is 5.75 Å². The standard InChI is InChI=1S/C16H15N3O/c1-10-3-8-14-13(9-10)15(17)19-16(18-14)11-4-6-12(20-2)7-5-11/h3-9H,1-2H3,(H2,17,18,19). The molecule has 0 saturated heterocycles. The minimum atomic E-state index is 0.504. The Bertz CT molecular complexity index is 767. The highest BCUT2D eigenvalue weighted by atomic mass is 16.5. The summed E-state index contributed by atoms with van der Waals surface area (Å²) in [6.07, 6.45) is 0. The fraction of sp³-hybridized carbons (Fsp3) is 0.125. The molecule has 4 nitrogen and oxygen atoms in total. The number of methoxy groups -OCH3 is 1. The molecule has 2 N–H and O–H groups in total. The van der Waals surface area contributed by atoms with E-state index in [1.165, 1.54) is 0 Å².